The van der Waals surface area contributed by atoms with Gasteiger partial charge in [-0.05, 0) is 19.3 Å². The Hall–Kier alpha value is 0.110. The van der Waals surface area contributed by atoms with Gasteiger partial charge < -0.3 is 4.89 Å². The molecule has 0 aromatic carbocycles. The fourth-order valence-electron chi connectivity index (χ4n) is 3.48. The van der Waals surface area contributed by atoms with Crippen LogP contribution in [0.2, 0.25) is 0 Å². The summed E-state index contributed by atoms with van der Waals surface area (Å²) in [4.78, 5) is 10.5. The molecule has 0 aliphatic rings. The molecule has 5 heteroatoms. The van der Waals surface area contributed by atoms with Gasteiger partial charge in [-0.2, -0.15) is 0 Å². The van der Waals surface area contributed by atoms with Crippen LogP contribution in [0.1, 0.15) is 130 Å². The van der Waals surface area contributed by atoms with E-state index in [2.05, 4.69) is 20.8 Å². The van der Waals surface area contributed by atoms with Gasteiger partial charge >= 0.3 is 7.75 Å². The molecule has 0 spiro atoms. The molecule has 4 nitrogen and oxygen atoms in total. The molecule has 0 bridgehead atoms. The van der Waals surface area contributed by atoms with Crippen molar-refractivity contribution in [1.29, 1.82) is 0 Å². The quantitative estimate of drug-likeness (QED) is 0.142. The number of unbranched alkanes of at least 4 members (excludes halogenated alkanes) is 14. The molecule has 0 aromatic heterocycles. The largest absolute Gasteiger partial charge is 0.405 e. The number of rotatable bonds is 22. The predicted molar refractivity (Wildman–Crippen MR) is 123 cm³/mol. The molecule has 0 aliphatic carbocycles. The summed E-state index contributed by atoms with van der Waals surface area (Å²) in [5, 5.41) is 0. The summed E-state index contributed by atoms with van der Waals surface area (Å²) in [6.07, 6.45) is 20.0. The number of nitrogens with zero attached hydrogens (tertiary/aromatic N) is 1. The molecule has 170 valence electrons. The van der Waals surface area contributed by atoms with Crippen molar-refractivity contribution < 1.29 is 14.0 Å². The van der Waals surface area contributed by atoms with Gasteiger partial charge in [0.05, 0.1) is 6.61 Å². The minimum absolute atomic E-state index is 0.404. The van der Waals surface area contributed by atoms with Crippen LogP contribution < -0.4 is 0 Å². The lowest BCUT2D eigenvalue weighted by atomic mass is 10.1. The van der Waals surface area contributed by atoms with Crippen molar-refractivity contribution in [3.8, 4) is 0 Å². The third kappa shape index (κ3) is 17.0. The van der Waals surface area contributed by atoms with Crippen molar-refractivity contribution in [3.05, 3.63) is 0 Å². The van der Waals surface area contributed by atoms with Crippen LogP contribution in [0.3, 0.4) is 0 Å². The Bertz CT molecular complexity index is 350. The highest BCUT2D eigenvalue weighted by Gasteiger charge is 2.28. The van der Waals surface area contributed by atoms with Crippen LogP contribution in [-0.4, -0.2) is 29.3 Å². The van der Waals surface area contributed by atoms with E-state index in [4.69, 9.17) is 4.52 Å². The average molecular weight is 420 g/mol. The van der Waals surface area contributed by atoms with Crippen molar-refractivity contribution in [2.45, 2.75) is 130 Å². The van der Waals surface area contributed by atoms with Gasteiger partial charge in [-0.3, -0.25) is 4.52 Å². The molecule has 0 radical (unpaired) electrons. The summed E-state index contributed by atoms with van der Waals surface area (Å²) in [5.41, 5.74) is 0. The van der Waals surface area contributed by atoms with Crippen LogP contribution in [0.4, 0.5) is 0 Å². The Morgan fingerprint density at radius 1 is 0.607 bits per heavy atom. The summed E-state index contributed by atoms with van der Waals surface area (Å²) in [6, 6.07) is 0. The van der Waals surface area contributed by atoms with Gasteiger partial charge in [0.25, 0.3) is 0 Å². The first-order valence-electron chi connectivity index (χ1n) is 12.3. The van der Waals surface area contributed by atoms with E-state index >= 15 is 0 Å². The van der Waals surface area contributed by atoms with Gasteiger partial charge in [0, 0.05) is 13.1 Å². The second-order valence-electron chi connectivity index (χ2n) is 8.23. The molecule has 0 saturated heterocycles. The van der Waals surface area contributed by atoms with Crippen molar-refractivity contribution in [1.82, 2.24) is 4.67 Å². The Morgan fingerprint density at radius 2 is 0.964 bits per heavy atom. The summed E-state index contributed by atoms with van der Waals surface area (Å²) in [6.45, 7) is 8.42. The van der Waals surface area contributed by atoms with Crippen molar-refractivity contribution in [3.63, 3.8) is 0 Å². The number of hydrogen-bond acceptors (Lipinski definition) is 2. The third-order valence-electron chi connectivity index (χ3n) is 5.40. The highest BCUT2D eigenvalue weighted by molar-refractivity contribution is 7.50. The van der Waals surface area contributed by atoms with E-state index < -0.39 is 7.75 Å². The summed E-state index contributed by atoms with van der Waals surface area (Å²) in [5.74, 6) is 0. The highest BCUT2D eigenvalue weighted by atomic mass is 31.2. The molecule has 0 heterocycles. The fraction of sp³-hybridized carbons (Fsp3) is 1.00. The Morgan fingerprint density at radius 3 is 1.39 bits per heavy atom. The minimum Gasteiger partial charge on any atom is -0.312 e. The first kappa shape index (κ1) is 28.1. The van der Waals surface area contributed by atoms with Gasteiger partial charge in [0.1, 0.15) is 0 Å². The Kier molecular flexibility index (Phi) is 20.5. The van der Waals surface area contributed by atoms with E-state index in [1.807, 2.05) is 0 Å². The van der Waals surface area contributed by atoms with E-state index in [0.717, 1.165) is 38.5 Å². The molecular formula is C23H50NO3P. The molecule has 0 saturated carbocycles. The number of hydrogen-bond donors (Lipinski definition) is 1. The van der Waals surface area contributed by atoms with E-state index in [1.54, 1.807) is 4.67 Å². The SMILES string of the molecule is CCCCCCCCN(CCCCCCCC)P(=O)(O)OCCCCCCC. The van der Waals surface area contributed by atoms with Gasteiger partial charge in [-0.15, -0.1) is 0 Å². The molecule has 0 aromatic rings. The predicted octanol–water partition coefficient (Wildman–Crippen LogP) is 8.10. The van der Waals surface area contributed by atoms with Crippen LogP contribution in [0.15, 0.2) is 0 Å². The first-order valence-corrected chi connectivity index (χ1v) is 13.8. The first-order chi connectivity index (χ1) is 13.6. The standard InChI is InChI=1S/C23H50NO3P/c1-4-7-10-13-15-18-21-24(22-19-16-14-11-8-5-2)28(25,26)27-23-20-17-12-9-6-3/h4-23H2,1-3H3,(H,25,26). The second-order valence-corrected chi connectivity index (χ2v) is 10.0. The Balaban J connectivity index is 4.26. The molecule has 1 unspecified atom stereocenters. The lowest BCUT2D eigenvalue weighted by Gasteiger charge is -2.26. The molecule has 1 N–H and O–H groups in total. The van der Waals surface area contributed by atoms with Crippen LogP contribution in [0.25, 0.3) is 0 Å². The lowest BCUT2D eigenvalue weighted by Crippen LogP contribution is -2.24. The molecular weight excluding hydrogens is 369 g/mol. The van der Waals surface area contributed by atoms with E-state index in [9.17, 15) is 9.46 Å². The van der Waals surface area contributed by atoms with Crippen molar-refractivity contribution in [2.24, 2.45) is 0 Å². The molecule has 1 atom stereocenters. The Labute approximate surface area is 176 Å². The normalized spacial score (nSPS) is 13.9. The maximum Gasteiger partial charge on any atom is 0.405 e. The van der Waals surface area contributed by atoms with Crippen LogP contribution in [0, 0.1) is 0 Å². The monoisotopic (exact) mass is 419 g/mol. The zero-order chi connectivity index (χ0) is 20.9. The highest BCUT2D eigenvalue weighted by Crippen LogP contribution is 2.46. The summed E-state index contributed by atoms with van der Waals surface area (Å²) in [7, 11) is -3.65. The van der Waals surface area contributed by atoms with E-state index in [-0.39, 0.29) is 0 Å². The smallest absolute Gasteiger partial charge is 0.312 e. The zero-order valence-corrected chi connectivity index (χ0v) is 20.2. The summed E-state index contributed by atoms with van der Waals surface area (Å²) < 4.78 is 20.0. The second kappa shape index (κ2) is 20.4. The van der Waals surface area contributed by atoms with Crippen LogP contribution in [-0.2, 0) is 9.09 Å². The fourth-order valence-corrected chi connectivity index (χ4v) is 4.80. The van der Waals surface area contributed by atoms with Crippen LogP contribution >= 0.6 is 7.75 Å². The van der Waals surface area contributed by atoms with Gasteiger partial charge in [-0.25, -0.2) is 9.24 Å². The van der Waals surface area contributed by atoms with Crippen LogP contribution in [0.5, 0.6) is 0 Å². The topological polar surface area (TPSA) is 49.8 Å². The third-order valence-corrected chi connectivity index (χ3v) is 7.04. The minimum atomic E-state index is -3.65. The maximum absolute atomic E-state index is 12.8. The maximum atomic E-state index is 12.8. The lowest BCUT2D eigenvalue weighted by molar-refractivity contribution is 0.194. The molecule has 0 fully saturated rings. The molecule has 0 rings (SSSR count). The average Bonchev–Trinajstić information content (AvgIpc) is 2.68. The summed E-state index contributed by atoms with van der Waals surface area (Å²) >= 11 is 0. The zero-order valence-electron chi connectivity index (χ0n) is 19.3. The van der Waals surface area contributed by atoms with E-state index in [1.165, 1.54) is 70.6 Å². The van der Waals surface area contributed by atoms with Gasteiger partial charge in [-0.1, -0.05) is 111 Å². The van der Waals surface area contributed by atoms with Crippen molar-refractivity contribution >= 4 is 7.75 Å². The van der Waals surface area contributed by atoms with Crippen molar-refractivity contribution in [2.75, 3.05) is 19.7 Å². The molecule has 0 amide bonds. The molecule has 28 heavy (non-hydrogen) atoms. The molecule has 0 aliphatic heterocycles. The van der Waals surface area contributed by atoms with Gasteiger partial charge in [0.15, 0.2) is 0 Å². The van der Waals surface area contributed by atoms with Gasteiger partial charge in [0.2, 0.25) is 0 Å². The van der Waals surface area contributed by atoms with E-state index in [0.29, 0.717) is 19.7 Å².